The molecule has 8 nitrogen and oxygen atoms in total. The van der Waals surface area contributed by atoms with Crippen molar-refractivity contribution < 1.29 is 9.47 Å². The number of imidazole rings is 1. The summed E-state index contributed by atoms with van der Waals surface area (Å²) in [6, 6.07) is 0.532. The Morgan fingerprint density at radius 2 is 2.20 bits per heavy atom. The van der Waals surface area contributed by atoms with Crippen molar-refractivity contribution in [3.8, 4) is 6.01 Å². The number of anilines is 2. The van der Waals surface area contributed by atoms with Gasteiger partial charge in [0.05, 0.1) is 7.11 Å². The predicted molar refractivity (Wildman–Crippen MR) is 97.8 cm³/mol. The molecule has 25 heavy (non-hydrogen) atoms. The number of rotatable bonds is 9. The second-order valence-electron chi connectivity index (χ2n) is 6.51. The van der Waals surface area contributed by atoms with Gasteiger partial charge >= 0.3 is 0 Å². The highest BCUT2D eigenvalue weighted by molar-refractivity contribution is 5.84. The summed E-state index contributed by atoms with van der Waals surface area (Å²) in [5.41, 5.74) is 7.41. The minimum Gasteiger partial charge on any atom is -0.468 e. The summed E-state index contributed by atoms with van der Waals surface area (Å²) in [5, 5.41) is 3.23. The molecule has 1 atom stereocenters. The van der Waals surface area contributed by atoms with Crippen molar-refractivity contribution in [2.45, 2.75) is 45.6 Å². The molecular weight excluding hydrogens is 320 g/mol. The highest BCUT2D eigenvalue weighted by Gasteiger charge is 2.19. The number of aromatic nitrogens is 4. The van der Waals surface area contributed by atoms with E-state index in [1.54, 1.807) is 7.11 Å². The minimum absolute atomic E-state index is 0.380. The lowest BCUT2D eigenvalue weighted by atomic mass is 10.0. The first-order valence-electron chi connectivity index (χ1n) is 9.12. The van der Waals surface area contributed by atoms with Crippen molar-refractivity contribution in [2.24, 2.45) is 5.92 Å². The van der Waals surface area contributed by atoms with E-state index in [0.29, 0.717) is 29.2 Å². The molecule has 3 heterocycles. The number of nitrogens with two attached hydrogens (primary N) is 1. The molecule has 3 N–H and O–H groups in total. The van der Waals surface area contributed by atoms with Crippen molar-refractivity contribution >= 4 is 22.9 Å². The standard InChI is InChI=1S/C17H28N6O2/c1-3-4-8-19-16-21-14(18)13-15(22-16)23(17(20-13)24-2)9-5-6-12-7-10-25-11-12/h12H,3-11H2,1-2H3,(H3,18,19,21,22). The summed E-state index contributed by atoms with van der Waals surface area (Å²) in [5.74, 6) is 1.59. The van der Waals surface area contributed by atoms with Crippen LogP contribution in [0.15, 0.2) is 0 Å². The molecule has 1 aliphatic heterocycles. The molecule has 0 bridgehead atoms. The van der Waals surface area contributed by atoms with Gasteiger partial charge in [0, 0.05) is 26.3 Å². The van der Waals surface area contributed by atoms with Crippen molar-refractivity contribution in [3.05, 3.63) is 0 Å². The summed E-state index contributed by atoms with van der Waals surface area (Å²) >= 11 is 0. The van der Waals surface area contributed by atoms with Crippen LogP contribution in [0.5, 0.6) is 6.01 Å². The summed E-state index contributed by atoms with van der Waals surface area (Å²) < 4.78 is 12.9. The second kappa shape index (κ2) is 8.33. The van der Waals surface area contributed by atoms with Gasteiger partial charge < -0.3 is 20.5 Å². The van der Waals surface area contributed by atoms with E-state index < -0.39 is 0 Å². The molecule has 1 aliphatic rings. The first-order valence-corrected chi connectivity index (χ1v) is 9.12. The van der Waals surface area contributed by atoms with Crippen molar-refractivity contribution in [2.75, 3.05) is 37.9 Å². The van der Waals surface area contributed by atoms with Crippen LogP contribution >= 0.6 is 0 Å². The number of unbranched alkanes of at least 4 members (excludes halogenated alkanes) is 1. The Morgan fingerprint density at radius 3 is 2.92 bits per heavy atom. The predicted octanol–water partition coefficient (Wildman–Crippen LogP) is 2.45. The van der Waals surface area contributed by atoms with Crippen LogP contribution in [0.1, 0.15) is 39.0 Å². The zero-order valence-corrected chi connectivity index (χ0v) is 15.1. The molecule has 0 spiro atoms. The summed E-state index contributed by atoms with van der Waals surface area (Å²) in [7, 11) is 1.62. The number of ether oxygens (including phenoxy) is 2. The number of nitrogen functional groups attached to an aromatic ring is 1. The molecule has 1 saturated heterocycles. The lowest BCUT2D eigenvalue weighted by Gasteiger charge is -2.10. The van der Waals surface area contributed by atoms with E-state index in [0.717, 1.165) is 64.1 Å². The van der Waals surface area contributed by atoms with E-state index in [-0.39, 0.29) is 0 Å². The summed E-state index contributed by atoms with van der Waals surface area (Å²) in [6.45, 7) is 5.53. The Kier molecular flexibility index (Phi) is 5.91. The molecule has 0 amide bonds. The second-order valence-corrected chi connectivity index (χ2v) is 6.51. The molecule has 2 aromatic heterocycles. The average Bonchev–Trinajstić information content (AvgIpc) is 3.24. The highest BCUT2D eigenvalue weighted by Crippen LogP contribution is 2.26. The molecule has 2 aromatic rings. The van der Waals surface area contributed by atoms with E-state index in [1.165, 1.54) is 0 Å². The van der Waals surface area contributed by atoms with Crippen LogP contribution in [0.2, 0.25) is 0 Å². The Balaban J connectivity index is 1.78. The molecule has 1 unspecified atom stereocenters. The topological polar surface area (TPSA) is 100 Å². The maximum absolute atomic E-state index is 6.09. The lowest BCUT2D eigenvalue weighted by Crippen LogP contribution is -2.09. The molecule has 138 valence electrons. The smallest absolute Gasteiger partial charge is 0.298 e. The van der Waals surface area contributed by atoms with E-state index >= 15 is 0 Å². The molecule has 8 heteroatoms. The van der Waals surface area contributed by atoms with Crippen LogP contribution in [0.4, 0.5) is 11.8 Å². The fourth-order valence-electron chi connectivity index (χ4n) is 3.16. The number of nitrogens with one attached hydrogen (secondary N) is 1. The van der Waals surface area contributed by atoms with Crippen molar-refractivity contribution in [1.82, 2.24) is 19.5 Å². The fraction of sp³-hybridized carbons (Fsp3) is 0.706. The lowest BCUT2D eigenvalue weighted by molar-refractivity contribution is 0.183. The van der Waals surface area contributed by atoms with Gasteiger partial charge in [-0.1, -0.05) is 13.3 Å². The SMILES string of the molecule is CCCCNc1nc(N)c2nc(OC)n(CCCC3CCOC3)c2n1. The molecule has 0 radical (unpaired) electrons. The summed E-state index contributed by atoms with van der Waals surface area (Å²) in [4.78, 5) is 13.4. The Bertz CT molecular complexity index is 696. The third kappa shape index (κ3) is 4.12. The first kappa shape index (κ1) is 17.7. The molecule has 0 saturated carbocycles. The van der Waals surface area contributed by atoms with Gasteiger partial charge in [-0.15, -0.1) is 0 Å². The maximum atomic E-state index is 6.09. The van der Waals surface area contributed by atoms with Crippen molar-refractivity contribution in [1.29, 1.82) is 0 Å². The van der Waals surface area contributed by atoms with Gasteiger partial charge in [-0.25, -0.2) is 0 Å². The number of aryl methyl sites for hydroxylation is 1. The number of fused-ring (bicyclic) bond motifs is 1. The fourth-order valence-corrected chi connectivity index (χ4v) is 3.16. The van der Waals surface area contributed by atoms with E-state index in [2.05, 4.69) is 27.2 Å². The summed E-state index contributed by atoms with van der Waals surface area (Å²) in [6.07, 6.45) is 5.49. The van der Waals surface area contributed by atoms with Crippen LogP contribution in [0, 0.1) is 5.92 Å². The first-order chi connectivity index (χ1) is 12.2. The number of hydrogen-bond acceptors (Lipinski definition) is 7. The van der Waals surface area contributed by atoms with E-state index in [9.17, 15) is 0 Å². The normalized spacial score (nSPS) is 17.3. The van der Waals surface area contributed by atoms with Gasteiger partial charge in [0.15, 0.2) is 17.0 Å². The van der Waals surface area contributed by atoms with Crippen LogP contribution in [0.25, 0.3) is 11.2 Å². The number of methoxy groups -OCH3 is 1. The quantitative estimate of drug-likeness (QED) is 0.671. The molecule has 0 aliphatic carbocycles. The Morgan fingerprint density at radius 1 is 1.32 bits per heavy atom. The van der Waals surface area contributed by atoms with Crippen LogP contribution in [-0.4, -0.2) is 46.4 Å². The van der Waals surface area contributed by atoms with Crippen LogP contribution < -0.4 is 15.8 Å². The molecule has 1 fully saturated rings. The van der Waals surface area contributed by atoms with Gasteiger partial charge in [0.25, 0.3) is 6.01 Å². The molecule has 3 rings (SSSR count). The maximum Gasteiger partial charge on any atom is 0.298 e. The number of nitrogens with zero attached hydrogens (tertiary/aromatic N) is 4. The van der Waals surface area contributed by atoms with Gasteiger partial charge in [0.2, 0.25) is 5.95 Å². The molecular formula is C17H28N6O2. The monoisotopic (exact) mass is 348 g/mol. The largest absolute Gasteiger partial charge is 0.468 e. The third-order valence-corrected chi connectivity index (χ3v) is 4.60. The van der Waals surface area contributed by atoms with E-state index in [1.807, 2.05) is 4.57 Å². The van der Waals surface area contributed by atoms with Crippen LogP contribution in [-0.2, 0) is 11.3 Å². The van der Waals surface area contributed by atoms with Gasteiger partial charge in [-0.2, -0.15) is 15.0 Å². The van der Waals surface area contributed by atoms with Gasteiger partial charge in [-0.05, 0) is 31.6 Å². The van der Waals surface area contributed by atoms with Gasteiger partial charge in [0.1, 0.15) is 0 Å². The number of hydrogen-bond donors (Lipinski definition) is 2. The third-order valence-electron chi connectivity index (χ3n) is 4.60. The zero-order chi connectivity index (χ0) is 17.6. The minimum atomic E-state index is 0.380. The average molecular weight is 348 g/mol. The van der Waals surface area contributed by atoms with Crippen LogP contribution in [0.3, 0.4) is 0 Å². The molecule has 0 aromatic carbocycles. The van der Waals surface area contributed by atoms with Gasteiger partial charge in [-0.3, -0.25) is 4.57 Å². The van der Waals surface area contributed by atoms with Crippen molar-refractivity contribution in [3.63, 3.8) is 0 Å². The Hall–Kier alpha value is -2.09. The highest BCUT2D eigenvalue weighted by atomic mass is 16.5. The van der Waals surface area contributed by atoms with E-state index in [4.69, 9.17) is 15.2 Å². The Labute approximate surface area is 148 Å². The zero-order valence-electron chi connectivity index (χ0n) is 15.1.